The van der Waals surface area contributed by atoms with Crippen LogP contribution >= 0.6 is 0 Å². The first-order valence-corrected chi connectivity index (χ1v) is 5.92. The van der Waals surface area contributed by atoms with Crippen molar-refractivity contribution >= 4 is 5.69 Å². The first kappa shape index (κ1) is 13.2. The quantitative estimate of drug-likeness (QED) is 0.656. The van der Waals surface area contributed by atoms with Gasteiger partial charge in [0.05, 0.1) is 11.0 Å². The Hall–Kier alpha value is -2.28. The zero-order valence-electron chi connectivity index (χ0n) is 10.7. The Bertz CT molecular complexity index is 578. The van der Waals surface area contributed by atoms with Gasteiger partial charge in [-0.25, -0.2) is 0 Å². The molecule has 1 heterocycles. The van der Waals surface area contributed by atoms with Crippen molar-refractivity contribution in [1.29, 1.82) is 0 Å². The van der Waals surface area contributed by atoms with E-state index in [-0.39, 0.29) is 17.6 Å². The van der Waals surface area contributed by atoms with Crippen LogP contribution in [0.15, 0.2) is 28.8 Å². The molecule has 2 aromatic rings. The maximum atomic E-state index is 11.0. The third kappa shape index (κ3) is 2.60. The summed E-state index contributed by atoms with van der Waals surface area (Å²) in [7, 11) is 1.79. The first-order chi connectivity index (χ1) is 9.17. The van der Waals surface area contributed by atoms with E-state index >= 15 is 0 Å². The molecular weight excluding hydrogens is 248 g/mol. The van der Waals surface area contributed by atoms with Crippen LogP contribution in [0.4, 0.5) is 5.69 Å². The highest BCUT2D eigenvalue weighted by molar-refractivity contribution is 5.67. The molecule has 7 nitrogen and oxygen atoms in total. The third-order valence-electron chi connectivity index (χ3n) is 2.84. The predicted octanol–water partition coefficient (Wildman–Crippen LogP) is 2.32. The van der Waals surface area contributed by atoms with Crippen molar-refractivity contribution in [3.63, 3.8) is 0 Å². The molecule has 2 rings (SSSR count). The number of nitro benzene ring substituents is 1. The van der Waals surface area contributed by atoms with Crippen molar-refractivity contribution in [3.05, 3.63) is 40.3 Å². The lowest BCUT2D eigenvalue weighted by atomic mass is 10.1. The van der Waals surface area contributed by atoms with E-state index in [4.69, 9.17) is 4.52 Å². The van der Waals surface area contributed by atoms with Gasteiger partial charge in [-0.2, -0.15) is 4.98 Å². The number of rotatable bonds is 5. The number of aromatic nitrogens is 2. The van der Waals surface area contributed by atoms with E-state index < -0.39 is 4.92 Å². The zero-order valence-corrected chi connectivity index (χ0v) is 10.7. The summed E-state index contributed by atoms with van der Waals surface area (Å²) in [5.74, 6) is 0.661. The lowest BCUT2D eigenvalue weighted by Crippen LogP contribution is -2.15. The summed E-state index contributed by atoms with van der Waals surface area (Å²) in [5.41, 5.74) is 0.320. The van der Waals surface area contributed by atoms with Gasteiger partial charge in [0.1, 0.15) is 5.56 Å². The topological polar surface area (TPSA) is 94.1 Å². The Morgan fingerprint density at radius 1 is 1.47 bits per heavy atom. The average Bonchev–Trinajstić information content (AvgIpc) is 2.89. The summed E-state index contributed by atoms with van der Waals surface area (Å²) in [6.45, 7) is 1.98. The number of para-hydroxylation sites is 1. The van der Waals surface area contributed by atoms with E-state index in [0.717, 1.165) is 6.42 Å². The number of benzene rings is 1. The van der Waals surface area contributed by atoms with E-state index in [0.29, 0.717) is 11.5 Å². The predicted molar refractivity (Wildman–Crippen MR) is 68.5 cm³/mol. The molecule has 19 heavy (non-hydrogen) atoms. The molecule has 1 N–H and O–H groups in total. The average molecular weight is 262 g/mol. The molecule has 100 valence electrons. The van der Waals surface area contributed by atoms with E-state index in [1.165, 1.54) is 6.07 Å². The molecule has 0 aliphatic heterocycles. The van der Waals surface area contributed by atoms with Crippen LogP contribution in [0.25, 0.3) is 11.4 Å². The fourth-order valence-corrected chi connectivity index (χ4v) is 1.81. The van der Waals surface area contributed by atoms with Gasteiger partial charge in [0.15, 0.2) is 0 Å². The van der Waals surface area contributed by atoms with Crippen LogP contribution in [0.2, 0.25) is 0 Å². The van der Waals surface area contributed by atoms with E-state index in [1.54, 1.807) is 25.2 Å². The maximum absolute atomic E-state index is 11.0. The van der Waals surface area contributed by atoms with Crippen molar-refractivity contribution in [2.24, 2.45) is 0 Å². The fourth-order valence-electron chi connectivity index (χ4n) is 1.81. The Morgan fingerprint density at radius 3 is 2.84 bits per heavy atom. The Balaban J connectivity index is 2.41. The van der Waals surface area contributed by atoms with Crippen LogP contribution in [0.5, 0.6) is 0 Å². The highest BCUT2D eigenvalue weighted by Gasteiger charge is 2.21. The van der Waals surface area contributed by atoms with Crippen LogP contribution in [-0.4, -0.2) is 22.1 Å². The summed E-state index contributed by atoms with van der Waals surface area (Å²) in [4.78, 5) is 14.7. The largest absolute Gasteiger partial charge is 0.337 e. The molecule has 1 aromatic heterocycles. The van der Waals surface area contributed by atoms with Gasteiger partial charge in [0.25, 0.3) is 5.69 Å². The maximum Gasteiger partial charge on any atom is 0.280 e. The Kier molecular flexibility index (Phi) is 3.86. The molecule has 0 saturated carbocycles. The zero-order chi connectivity index (χ0) is 13.8. The second-order valence-corrected chi connectivity index (χ2v) is 3.98. The van der Waals surface area contributed by atoms with Gasteiger partial charge in [-0.1, -0.05) is 24.2 Å². The van der Waals surface area contributed by atoms with Crippen molar-refractivity contribution in [3.8, 4) is 11.4 Å². The smallest absolute Gasteiger partial charge is 0.280 e. The second-order valence-electron chi connectivity index (χ2n) is 3.98. The molecule has 0 aliphatic carbocycles. The number of nitrogens with one attached hydrogen (secondary N) is 1. The second kappa shape index (κ2) is 5.57. The Morgan fingerprint density at radius 2 is 2.21 bits per heavy atom. The van der Waals surface area contributed by atoms with Crippen LogP contribution in [0.1, 0.15) is 25.3 Å². The molecule has 0 amide bonds. The van der Waals surface area contributed by atoms with Crippen molar-refractivity contribution in [2.45, 2.75) is 19.4 Å². The lowest BCUT2D eigenvalue weighted by molar-refractivity contribution is -0.384. The van der Waals surface area contributed by atoms with E-state index in [2.05, 4.69) is 15.5 Å². The SMILES string of the molecule is CCC(NC)c1nc(-c2ccccc2[N+](=O)[O-])no1. The minimum Gasteiger partial charge on any atom is -0.337 e. The minimum absolute atomic E-state index is 0.0349. The monoisotopic (exact) mass is 262 g/mol. The highest BCUT2D eigenvalue weighted by atomic mass is 16.6. The van der Waals surface area contributed by atoms with Gasteiger partial charge in [-0.15, -0.1) is 0 Å². The molecule has 0 spiro atoms. The standard InChI is InChI=1S/C12H14N4O3/c1-3-9(13-2)12-14-11(15-19-12)8-6-4-5-7-10(8)16(17)18/h4-7,9,13H,3H2,1-2H3. The highest BCUT2D eigenvalue weighted by Crippen LogP contribution is 2.28. The minimum atomic E-state index is -0.458. The van der Waals surface area contributed by atoms with Crippen molar-refractivity contribution < 1.29 is 9.45 Å². The van der Waals surface area contributed by atoms with Crippen LogP contribution < -0.4 is 5.32 Å². The lowest BCUT2D eigenvalue weighted by Gasteiger charge is -2.06. The molecule has 0 bridgehead atoms. The normalized spacial score (nSPS) is 12.3. The summed E-state index contributed by atoms with van der Waals surface area (Å²) in [6, 6.07) is 6.27. The molecule has 1 aromatic carbocycles. The Labute approximate surface area is 109 Å². The molecule has 0 fully saturated rings. The molecule has 0 saturated heterocycles. The van der Waals surface area contributed by atoms with Gasteiger partial charge in [0.2, 0.25) is 11.7 Å². The number of hydrogen-bond acceptors (Lipinski definition) is 6. The molecule has 0 radical (unpaired) electrons. The van der Waals surface area contributed by atoms with E-state index in [9.17, 15) is 10.1 Å². The van der Waals surface area contributed by atoms with Crippen molar-refractivity contribution in [2.75, 3.05) is 7.05 Å². The number of nitrogens with zero attached hydrogens (tertiary/aromatic N) is 3. The van der Waals surface area contributed by atoms with E-state index in [1.807, 2.05) is 6.92 Å². The molecule has 1 atom stereocenters. The van der Waals surface area contributed by atoms with Gasteiger partial charge < -0.3 is 9.84 Å². The fraction of sp³-hybridized carbons (Fsp3) is 0.333. The van der Waals surface area contributed by atoms with Gasteiger partial charge in [-0.05, 0) is 19.5 Å². The number of nitro groups is 1. The van der Waals surface area contributed by atoms with Gasteiger partial charge >= 0.3 is 0 Å². The molecule has 0 aliphatic rings. The van der Waals surface area contributed by atoms with Crippen LogP contribution in [0.3, 0.4) is 0 Å². The van der Waals surface area contributed by atoms with Crippen molar-refractivity contribution in [1.82, 2.24) is 15.5 Å². The molecular formula is C12H14N4O3. The first-order valence-electron chi connectivity index (χ1n) is 5.92. The number of hydrogen-bond donors (Lipinski definition) is 1. The molecule has 1 unspecified atom stereocenters. The third-order valence-corrected chi connectivity index (χ3v) is 2.84. The van der Waals surface area contributed by atoms with Gasteiger partial charge in [-0.3, -0.25) is 10.1 Å². The summed E-state index contributed by atoms with van der Waals surface area (Å²) in [6.07, 6.45) is 0.787. The summed E-state index contributed by atoms with van der Waals surface area (Å²) in [5, 5.41) is 17.8. The van der Waals surface area contributed by atoms with Crippen LogP contribution in [-0.2, 0) is 0 Å². The summed E-state index contributed by atoms with van der Waals surface area (Å²) < 4.78 is 5.15. The molecule has 7 heteroatoms. The van der Waals surface area contributed by atoms with Gasteiger partial charge in [0, 0.05) is 6.07 Å². The van der Waals surface area contributed by atoms with Crippen LogP contribution in [0, 0.1) is 10.1 Å². The summed E-state index contributed by atoms with van der Waals surface area (Å²) >= 11 is 0.